The van der Waals surface area contributed by atoms with Gasteiger partial charge in [-0.15, -0.1) is 0 Å². The quantitative estimate of drug-likeness (QED) is 0.486. The summed E-state index contributed by atoms with van der Waals surface area (Å²) in [4.78, 5) is 17.5. The number of hydrogen-bond donors (Lipinski definition) is 1. The number of hydrogen-bond acceptors (Lipinski definition) is 4. The van der Waals surface area contributed by atoms with Crippen molar-refractivity contribution in [3.05, 3.63) is 29.8 Å². The van der Waals surface area contributed by atoms with Crippen LogP contribution in [0.2, 0.25) is 0 Å². The fraction of sp³-hybridized carbons (Fsp3) is 0.611. The predicted octanol–water partition coefficient (Wildman–Crippen LogP) is 1.99. The molecule has 3 heterocycles. The van der Waals surface area contributed by atoms with Crippen molar-refractivity contribution in [3.8, 4) is 0 Å². The van der Waals surface area contributed by atoms with Crippen LogP contribution in [-0.2, 0) is 11.2 Å². The first-order chi connectivity index (χ1) is 12.1. The van der Waals surface area contributed by atoms with E-state index in [0.717, 1.165) is 37.3 Å². The molecule has 2 unspecified atom stereocenters. The van der Waals surface area contributed by atoms with Gasteiger partial charge in [0.1, 0.15) is 0 Å². The predicted molar refractivity (Wildman–Crippen MR) is 98.0 cm³/mol. The summed E-state index contributed by atoms with van der Waals surface area (Å²) in [6.07, 6.45) is 4.01. The van der Waals surface area contributed by atoms with E-state index in [1.165, 1.54) is 12.8 Å². The van der Waals surface area contributed by atoms with Crippen LogP contribution in [0.25, 0.3) is 0 Å². The summed E-state index contributed by atoms with van der Waals surface area (Å²) in [7, 11) is 1.78. The number of nitrogens with zero attached hydrogens (tertiary/aromatic N) is 5. The van der Waals surface area contributed by atoms with Gasteiger partial charge in [-0.2, -0.15) is 0 Å². The molecule has 1 aromatic rings. The largest absolute Gasteiger partial charge is 0.337 e. The van der Waals surface area contributed by atoms with E-state index in [-0.39, 0.29) is 5.91 Å². The molecular formula is C18H28N6O. The van der Waals surface area contributed by atoms with Gasteiger partial charge in [0.2, 0.25) is 5.91 Å². The molecule has 3 saturated heterocycles. The standard InChI is InChI=1S/C18H28N6O/c1-3-10-23-12-17-9-8-16(23)13-24(17)18(25)11-14-4-6-15(7-5-14)22(2)21-20-19/h4-7,16-17H,3,8-13H2,1-2H3,(H2,19,21). The third-order valence-electron chi connectivity index (χ3n) is 5.33. The second kappa shape index (κ2) is 7.82. The lowest BCUT2D eigenvalue weighted by Gasteiger charge is -2.51. The number of piperidine rings is 2. The average Bonchev–Trinajstić information content (AvgIpc) is 2.63. The van der Waals surface area contributed by atoms with Gasteiger partial charge in [0.25, 0.3) is 0 Å². The van der Waals surface area contributed by atoms with Crippen LogP contribution in [0.15, 0.2) is 34.7 Å². The highest BCUT2D eigenvalue weighted by Gasteiger charge is 2.40. The molecule has 2 N–H and O–H groups in total. The number of amides is 1. The number of carbonyl (C=O) groups is 1. The van der Waals surface area contributed by atoms with Gasteiger partial charge < -0.3 is 10.7 Å². The summed E-state index contributed by atoms with van der Waals surface area (Å²) in [5.41, 5.74) is 1.91. The monoisotopic (exact) mass is 344 g/mol. The fourth-order valence-corrected chi connectivity index (χ4v) is 4.02. The highest BCUT2D eigenvalue weighted by atomic mass is 16.2. The number of carbonyl (C=O) groups excluding carboxylic acids is 1. The summed E-state index contributed by atoms with van der Waals surface area (Å²) in [5, 5.41) is 8.63. The summed E-state index contributed by atoms with van der Waals surface area (Å²) in [6, 6.07) is 8.75. The van der Waals surface area contributed by atoms with Gasteiger partial charge in [0, 0.05) is 32.2 Å². The lowest BCUT2D eigenvalue weighted by atomic mass is 9.90. The van der Waals surface area contributed by atoms with E-state index in [9.17, 15) is 4.79 Å². The summed E-state index contributed by atoms with van der Waals surface area (Å²) < 4.78 is 0. The van der Waals surface area contributed by atoms with E-state index >= 15 is 0 Å². The number of anilines is 1. The van der Waals surface area contributed by atoms with E-state index < -0.39 is 0 Å². The van der Waals surface area contributed by atoms with Crippen LogP contribution in [-0.4, -0.2) is 54.5 Å². The molecule has 7 heteroatoms. The van der Waals surface area contributed by atoms with E-state index in [0.29, 0.717) is 18.5 Å². The Morgan fingerprint density at radius 1 is 1.24 bits per heavy atom. The van der Waals surface area contributed by atoms with Gasteiger partial charge in [0.05, 0.1) is 12.1 Å². The van der Waals surface area contributed by atoms with E-state index in [4.69, 9.17) is 5.84 Å². The fourth-order valence-electron chi connectivity index (χ4n) is 4.02. The zero-order chi connectivity index (χ0) is 17.8. The van der Waals surface area contributed by atoms with E-state index in [2.05, 4.69) is 27.2 Å². The molecule has 0 saturated carbocycles. The number of rotatable bonds is 6. The third kappa shape index (κ3) is 3.92. The number of piperazine rings is 1. The Morgan fingerprint density at radius 2 is 1.96 bits per heavy atom. The second-order valence-electron chi connectivity index (χ2n) is 7.00. The Hall–Kier alpha value is -2.15. The first-order valence-electron chi connectivity index (χ1n) is 9.09. The van der Waals surface area contributed by atoms with Crippen molar-refractivity contribution in [1.82, 2.24) is 9.80 Å². The second-order valence-corrected chi connectivity index (χ2v) is 7.00. The molecule has 0 spiro atoms. The Morgan fingerprint density at radius 3 is 2.56 bits per heavy atom. The first kappa shape index (κ1) is 17.7. The maximum atomic E-state index is 12.8. The minimum Gasteiger partial charge on any atom is -0.337 e. The SMILES string of the molecule is CCCN1CC2CCC1CN2C(=O)Cc1ccc(N(C)/N=N\N)cc1. The zero-order valence-corrected chi connectivity index (χ0v) is 15.1. The molecule has 7 nitrogen and oxygen atoms in total. The molecule has 1 amide bonds. The van der Waals surface area contributed by atoms with Crippen LogP contribution >= 0.6 is 0 Å². The maximum Gasteiger partial charge on any atom is 0.227 e. The van der Waals surface area contributed by atoms with Crippen LogP contribution in [0.4, 0.5) is 5.69 Å². The van der Waals surface area contributed by atoms with Crippen molar-refractivity contribution in [1.29, 1.82) is 0 Å². The lowest BCUT2D eigenvalue weighted by molar-refractivity contribution is -0.141. The molecule has 136 valence electrons. The van der Waals surface area contributed by atoms with Gasteiger partial charge in [-0.3, -0.25) is 9.69 Å². The van der Waals surface area contributed by atoms with Gasteiger partial charge in [-0.1, -0.05) is 24.3 Å². The Bertz CT molecular complexity index is 616. The van der Waals surface area contributed by atoms with Crippen LogP contribution in [0.1, 0.15) is 31.7 Å². The molecule has 2 atom stereocenters. The number of benzene rings is 1. The summed E-state index contributed by atoms with van der Waals surface area (Å²) >= 11 is 0. The molecule has 3 aliphatic heterocycles. The highest BCUT2D eigenvalue weighted by Crippen LogP contribution is 2.29. The molecule has 0 radical (unpaired) electrons. The van der Waals surface area contributed by atoms with Crippen LogP contribution in [0.3, 0.4) is 0 Å². The Kier molecular flexibility index (Phi) is 5.53. The van der Waals surface area contributed by atoms with Crippen molar-refractivity contribution >= 4 is 11.6 Å². The van der Waals surface area contributed by atoms with Crippen molar-refractivity contribution in [2.24, 2.45) is 16.3 Å². The molecule has 0 aromatic heterocycles. The van der Waals surface area contributed by atoms with Crippen molar-refractivity contribution < 1.29 is 4.79 Å². The third-order valence-corrected chi connectivity index (χ3v) is 5.33. The minimum atomic E-state index is 0.244. The number of nitrogens with two attached hydrogens (primary N) is 1. The van der Waals surface area contributed by atoms with Gasteiger partial charge in [-0.05, 0) is 48.7 Å². The Balaban J connectivity index is 1.60. The van der Waals surface area contributed by atoms with Gasteiger partial charge in [-0.25, -0.2) is 5.01 Å². The van der Waals surface area contributed by atoms with Gasteiger partial charge in [0.15, 0.2) is 0 Å². The zero-order valence-electron chi connectivity index (χ0n) is 15.1. The lowest BCUT2D eigenvalue weighted by Crippen LogP contribution is -2.64. The summed E-state index contributed by atoms with van der Waals surface area (Å²) in [5.74, 6) is 5.31. The van der Waals surface area contributed by atoms with Crippen LogP contribution in [0, 0.1) is 0 Å². The summed E-state index contributed by atoms with van der Waals surface area (Å²) in [6.45, 7) is 5.30. The van der Waals surface area contributed by atoms with Crippen LogP contribution in [0.5, 0.6) is 0 Å². The average molecular weight is 344 g/mol. The normalized spacial score (nSPS) is 23.4. The van der Waals surface area contributed by atoms with E-state index in [1.54, 1.807) is 12.1 Å². The molecular weight excluding hydrogens is 316 g/mol. The molecule has 1 aromatic carbocycles. The maximum absolute atomic E-state index is 12.8. The van der Waals surface area contributed by atoms with Crippen molar-refractivity contribution in [3.63, 3.8) is 0 Å². The van der Waals surface area contributed by atoms with Gasteiger partial charge >= 0.3 is 0 Å². The minimum absolute atomic E-state index is 0.244. The molecule has 25 heavy (non-hydrogen) atoms. The van der Waals surface area contributed by atoms with Crippen molar-refractivity contribution in [2.75, 3.05) is 31.7 Å². The van der Waals surface area contributed by atoms with Crippen molar-refractivity contribution in [2.45, 2.75) is 44.7 Å². The molecule has 3 aliphatic rings. The first-order valence-corrected chi connectivity index (χ1v) is 9.09. The number of fused-ring (bicyclic) bond motifs is 3. The smallest absolute Gasteiger partial charge is 0.227 e. The molecule has 0 aliphatic carbocycles. The van der Waals surface area contributed by atoms with E-state index in [1.807, 2.05) is 24.3 Å². The molecule has 4 rings (SSSR count). The van der Waals surface area contributed by atoms with Crippen LogP contribution < -0.4 is 10.9 Å². The topological polar surface area (TPSA) is 77.5 Å². The molecule has 2 bridgehead atoms. The highest BCUT2D eigenvalue weighted by molar-refractivity contribution is 5.79. The molecule has 3 fully saturated rings. The Labute approximate surface area is 149 Å².